The van der Waals surface area contributed by atoms with Crippen LogP contribution < -0.4 is 4.74 Å². The standard InChI is InChI=1S/C14H10F3NO2/c1-20-12-5-3-2-4-10(12)13(19)11-7-6-9(8-18-11)14(15,16)17/h2-8H,1H3. The average molecular weight is 281 g/mol. The van der Waals surface area contributed by atoms with Crippen molar-refractivity contribution in [1.82, 2.24) is 4.98 Å². The fourth-order valence-corrected chi connectivity index (χ4v) is 1.67. The number of ketones is 1. The van der Waals surface area contributed by atoms with Gasteiger partial charge in [0.15, 0.2) is 0 Å². The number of rotatable bonds is 3. The topological polar surface area (TPSA) is 39.2 Å². The molecule has 1 aromatic heterocycles. The summed E-state index contributed by atoms with van der Waals surface area (Å²) in [5.74, 6) is -0.143. The number of halogens is 3. The SMILES string of the molecule is COc1ccccc1C(=O)c1ccc(C(F)(F)F)cn1. The molecule has 2 aromatic rings. The molecule has 0 N–H and O–H groups in total. The van der Waals surface area contributed by atoms with Gasteiger partial charge < -0.3 is 4.74 Å². The second-order valence-corrected chi connectivity index (χ2v) is 3.96. The molecule has 1 aromatic carbocycles. The second-order valence-electron chi connectivity index (χ2n) is 3.96. The third kappa shape index (κ3) is 2.79. The lowest BCUT2D eigenvalue weighted by atomic mass is 10.1. The number of ether oxygens (including phenoxy) is 1. The van der Waals surface area contributed by atoms with Gasteiger partial charge in [0.2, 0.25) is 5.78 Å². The lowest BCUT2D eigenvalue weighted by Crippen LogP contribution is -2.09. The van der Waals surface area contributed by atoms with Gasteiger partial charge in [0.25, 0.3) is 0 Å². The Morgan fingerprint density at radius 2 is 1.85 bits per heavy atom. The van der Waals surface area contributed by atoms with Crippen LogP contribution in [0.1, 0.15) is 21.6 Å². The minimum atomic E-state index is -4.47. The number of alkyl halides is 3. The number of hydrogen-bond acceptors (Lipinski definition) is 3. The Kier molecular flexibility index (Phi) is 3.74. The fraction of sp³-hybridized carbons (Fsp3) is 0.143. The maximum Gasteiger partial charge on any atom is 0.417 e. The van der Waals surface area contributed by atoms with E-state index in [1.54, 1.807) is 18.2 Å². The van der Waals surface area contributed by atoms with E-state index in [1.807, 2.05) is 0 Å². The molecule has 2 rings (SSSR count). The van der Waals surface area contributed by atoms with Gasteiger partial charge >= 0.3 is 6.18 Å². The smallest absolute Gasteiger partial charge is 0.417 e. The summed E-state index contributed by atoms with van der Waals surface area (Å²) in [7, 11) is 1.41. The van der Waals surface area contributed by atoms with Gasteiger partial charge in [-0.25, -0.2) is 0 Å². The maximum atomic E-state index is 12.4. The summed E-state index contributed by atoms with van der Waals surface area (Å²) in [6.45, 7) is 0. The normalized spacial score (nSPS) is 11.2. The molecule has 0 amide bonds. The molecule has 0 spiro atoms. The van der Waals surface area contributed by atoms with Gasteiger partial charge in [-0.05, 0) is 24.3 Å². The molecule has 20 heavy (non-hydrogen) atoms. The first kappa shape index (κ1) is 14.0. The Balaban J connectivity index is 2.34. The van der Waals surface area contributed by atoms with Crippen molar-refractivity contribution in [3.63, 3.8) is 0 Å². The molecule has 0 saturated heterocycles. The number of carbonyl (C=O) groups excluding carboxylic acids is 1. The fourth-order valence-electron chi connectivity index (χ4n) is 1.67. The van der Waals surface area contributed by atoms with Crippen LogP contribution in [0.15, 0.2) is 42.6 Å². The van der Waals surface area contributed by atoms with Crippen molar-refractivity contribution in [2.24, 2.45) is 0 Å². The summed E-state index contributed by atoms with van der Waals surface area (Å²) in [6, 6.07) is 8.33. The van der Waals surface area contributed by atoms with Gasteiger partial charge in [-0.3, -0.25) is 9.78 Å². The minimum absolute atomic E-state index is 0.0671. The number of pyridine rings is 1. The van der Waals surface area contributed by atoms with Crippen LogP contribution in [-0.2, 0) is 6.18 Å². The Hall–Kier alpha value is -2.37. The van der Waals surface area contributed by atoms with Crippen molar-refractivity contribution in [3.05, 3.63) is 59.4 Å². The van der Waals surface area contributed by atoms with Crippen LogP contribution in [0.3, 0.4) is 0 Å². The predicted molar refractivity (Wildman–Crippen MR) is 65.7 cm³/mol. The van der Waals surface area contributed by atoms with E-state index in [9.17, 15) is 18.0 Å². The van der Waals surface area contributed by atoms with Gasteiger partial charge in [0.1, 0.15) is 11.4 Å². The van der Waals surface area contributed by atoms with Crippen LogP contribution in [0.25, 0.3) is 0 Å². The van der Waals surface area contributed by atoms with E-state index in [0.717, 1.165) is 12.1 Å². The Bertz CT molecular complexity index is 621. The molecule has 0 radical (unpaired) electrons. The van der Waals surface area contributed by atoms with Crippen LogP contribution in [0.4, 0.5) is 13.2 Å². The van der Waals surface area contributed by atoms with E-state index in [2.05, 4.69) is 4.98 Å². The first-order valence-corrected chi connectivity index (χ1v) is 5.64. The number of hydrogen-bond donors (Lipinski definition) is 0. The molecule has 0 unspecified atom stereocenters. The van der Waals surface area contributed by atoms with Crippen molar-refractivity contribution >= 4 is 5.78 Å². The van der Waals surface area contributed by atoms with Crippen molar-refractivity contribution < 1.29 is 22.7 Å². The molecule has 3 nitrogen and oxygen atoms in total. The quantitative estimate of drug-likeness (QED) is 0.810. The zero-order valence-corrected chi connectivity index (χ0v) is 10.4. The molecule has 0 atom stereocenters. The second kappa shape index (κ2) is 5.32. The highest BCUT2D eigenvalue weighted by Gasteiger charge is 2.31. The molecule has 0 saturated carbocycles. The summed E-state index contributed by atoms with van der Waals surface area (Å²) in [4.78, 5) is 15.7. The minimum Gasteiger partial charge on any atom is -0.496 e. The summed E-state index contributed by atoms with van der Waals surface area (Å²) in [5.41, 5.74) is -0.709. The van der Waals surface area contributed by atoms with Gasteiger partial charge in [-0.1, -0.05) is 12.1 Å². The lowest BCUT2D eigenvalue weighted by molar-refractivity contribution is -0.137. The van der Waals surface area contributed by atoms with Gasteiger partial charge in [-0.2, -0.15) is 13.2 Å². The van der Waals surface area contributed by atoms with E-state index in [4.69, 9.17) is 4.74 Å². The molecule has 0 aliphatic rings. The molecule has 0 fully saturated rings. The largest absolute Gasteiger partial charge is 0.496 e. The van der Waals surface area contributed by atoms with Crippen LogP contribution in [0.5, 0.6) is 5.75 Å². The van der Waals surface area contributed by atoms with E-state index in [-0.39, 0.29) is 11.3 Å². The van der Waals surface area contributed by atoms with Crippen LogP contribution in [0.2, 0.25) is 0 Å². The summed E-state index contributed by atoms with van der Waals surface area (Å²) in [5, 5.41) is 0. The Morgan fingerprint density at radius 3 is 2.40 bits per heavy atom. The van der Waals surface area contributed by atoms with Crippen molar-refractivity contribution in [2.75, 3.05) is 7.11 Å². The Labute approximate surface area is 113 Å². The van der Waals surface area contributed by atoms with Gasteiger partial charge in [-0.15, -0.1) is 0 Å². The molecule has 104 valence electrons. The molecule has 0 aliphatic carbocycles. The van der Waals surface area contributed by atoms with Gasteiger partial charge in [0, 0.05) is 6.20 Å². The molecule has 6 heteroatoms. The molecule has 1 heterocycles. The average Bonchev–Trinajstić information content (AvgIpc) is 2.45. The highest BCUT2D eigenvalue weighted by Crippen LogP contribution is 2.29. The summed E-state index contributed by atoms with van der Waals surface area (Å²) < 4.78 is 42.3. The first-order chi connectivity index (χ1) is 9.43. The summed E-state index contributed by atoms with van der Waals surface area (Å²) >= 11 is 0. The third-order valence-electron chi connectivity index (χ3n) is 2.68. The lowest BCUT2D eigenvalue weighted by Gasteiger charge is -2.08. The molecular weight excluding hydrogens is 271 g/mol. The third-order valence-corrected chi connectivity index (χ3v) is 2.68. The zero-order chi connectivity index (χ0) is 14.8. The summed E-state index contributed by atoms with van der Waals surface area (Å²) in [6.07, 6.45) is -3.83. The zero-order valence-electron chi connectivity index (χ0n) is 10.4. The maximum absolute atomic E-state index is 12.4. The van der Waals surface area contributed by atoms with Crippen LogP contribution in [0, 0.1) is 0 Å². The highest BCUT2D eigenvalue weighted by atomic mass is 19.4. The predicted octanol–water partition coefficient (Wildman–Crippen LogP) is 3.34. The Morgan fingerprint density at radius 1 is 1.15 bits per heavy atom. The van der Waals surface area contributed by atoms with Crippen molar-refractivity contribution in [2.45, 2.75) is 6.18 Å². The van der Waals surface area contributed by atoms with Crippen LogP contribution in [-0.4, -0.2) is 17.9 Å². The van der Waals surface area contributed by atoms with Crippen molar-refractivity contribution in [3.8, 4) is 5.75 Å². The number of carbonyl (C=O) groups is 1. The molecular formula is C14H10F3NO2. The number of para-hydroxylation sites is 1. The van der Waals surface area contributed by atoms with E-state index >= 15 is 0 Å². The van der Waals surface area contributed by atoms with Crippen molar-refractivity contribution in [1.29, 1.82) is 0 Å². The van der Waals surface area contributed by atoms with Gasteiger partial charge in [0.05, 0.1) is 18.2 Å². The van der Waals surface area contributed by atoms with E-state index < -0.39 is 17.5 Å². The highest BCUT2D eigenvalue weighted by molar-refractivity contribution is 6.09. The first-order valence-electron chi connectivity index (χ1n) is 5.64. The number of benzene rings is 1. The molecule has 0 bridgehead atoms. The molecule has 0 aliphatic heterocycles. The number of nitrogens with zero attached hydrogens (tertiary/aromatic N) is 1. The van der Waals surface area contributed by atoms with Crippen LogP contribution >= 0.6 is 0 Å². The number of aromatic nitrogens is 1. The number of methoxy groups -OCH3 is 1. The van der Waals surface area contributed by atoms with E-state index in [1.165, 1.54) is 13.2 Å². The monoisotopic (exact) mass is 281 g/mol. The van der Waals surface area contributed by atoms with E-state index in [0.29, 0.717) is 11.9 Å².